The molecule has 0 aliphatic rings. The molecule has 0 bridgehead atoms. The van der Waals surface area contributed by atoms with Gasteiger partial charge in [0.15, 0.2) is 6.10 Å². The van der Waals surface area contributed by atoms with Gasteiger partial charge in [-0.15, -0.1) is 0 Å². The Morgan fingerprint density at radius 1 is 0.260 bits per heavy atom. The summed E-state index contributed by atoms with van der Waals surface area (Å²) in [7, 11) is 0. The lowest BCUT2D eigenvalue weighted by molar-refractivity contribution is -0.167. The molecule has 0 saturated heterocycles. The summed E-state index contributed by atoms with van der Waals surface area (Å²) in [5.41, 5.74) is 0. The van der Waals surface area contributed by atoms with Crippen molar-refractivity contribution in [2.45, 2.75) is 374 Å². The first kappa shape index (κ1) is 74.4. The summed E-state index contributed by atoms with van der Waals surface area (Å²) < 4.78 is 17.0. The number of hydrogen-bond donors (Lipinski definition) is 0. The first-order valence-corrected chi connectivity index (χ1v) is 34.1. The predicted molar refractivity (Wildman–Crippen MR) is 335 cm³/mol. The van der Waals surface area contributed by atoms with Gasteiger partial charge in [0.1, 0.15) is 13.2 Å². The van der Waals surface area contributed by atoms with Gasteiger partial charge in [0.05, 0.1) is 0 Å². The van der Waals surface area contributed by atoms with Crippen LogP contribution in [0.15, 0.2) is 48.6 Å². The predicted octanol–water partition coefficient (Wildman–Crippen LogP) is 23.3. The van der Waals surface area contributed by atoms with Crippen molar-refractivity contribution in [2.24, 2.45) is 0 Å². The number of rotatable bonds is 63. The molecule has 0 radical (unpaired) electrons. The monoisotopic (exact) mass is 1080 g/mol. The minimum Gasteiger partial charge on any atom is -0.462 e. The first-order chi connectivity index (χ1) is 38.0. The molecular weight excluding hydrogens is 949 g/mol. The lowest BCUT2D eigenvalue weighted by Gasteiger charge is -2.18. The molecule has 6 heteroatoms. The molecule has 0 rings (SSSR count). The van der Waals surface area contributed by atoms with Crippen molar-refractivity contribution in [3.8, 4) is 0 Å². The zero-order valence-corrected chi connectivity index (χ0v) is 51.7. The Balaban J connectivity index is 4.20. The molecule has 77 heavy (non-hydrogen) atoms. The van der Waals surface area contributed by atoms with Crippen molar-refractivity contribution in [1.82, 2.24) is 0 Å². The lowest BCUT2D eigenvalue weighted by Crippen LogP contribution is -2.30. The molecule has 0 fully saturated rings. The Kier molecular flexibility index (Phi) is 63.6. The minimum atomic E-state index is -0.774. The third kappa shape index (κ3) is 64.1. The summed E-state index contributed by atoms with van der Waals surface area (Å²) in [6, 6.07) is 0. The van der Waals surface area contributed by atoms with E-state index < -0.39 is 6.10 Å². The van der Waals surface area contributed by atoms with E-state index in [1.807, 2.05) is 0 Å². The number of hydrogen-bond acceptors (Lipinski definition) is 6. The Labute approximate surface area is 479 Å². The second-order valence-electron chi connectivity index (χ2n) is 23.1. The highest BCUT2D eigenvalue weighted by atomic mass is 16.6. The topological polar surface area (TPSA) is 78.9 Å². The van der Waals surface area contributed by atoms with Crippen LogP contribution in [0.25, 0.3) is 0 Å². The molecule has 0 aromatic carbocycles. The smallest absolute Gasteiger partial charge is 0.306 e. The van der Waals surface area contributed by atoms with Gasteiger partial charge in [-0.3, -0.25) is 14.4 Å². The third-order valence-electron chi connectivity index (χ3n) is 15.3. The number of esters is 3. The summed E-state index contributed by atoms with van der Waals surface area (Å²) in [5.74, 6) is -0.857. The lowest BCUT2D eigenvalue weighted by atomic mass is 10.0. The summed E-state index contributed by atoms with van der Waals surface area (Å²) in [6.07, 6.45) is 82.7. The second-order valence-corrected chi connectivity index (χ2v) is 23.1. The van der Waals surface area contributed by atoms with Gasteiger partial charge in [0.25, 0.3) is 0 Å². The maximum absolute atomic E-state index is 12.9. The second kappa shape index (κ2) is 65.9. The zero-order valence-electron chi connectivity index (χ0n) is 51.7. The fourth-order valence-electron chi connectivity index (χ4n) is 10.2. The molecule has 6 nitrogen and oxygen atoms in total. The molecule has 0 aliphatic carbocycles. The SMILES string of the molecule is CCCCCC/C=C\CCCCCCCC(=O)OCC(COC(=O)CCCCCCCCCCCCCCCC/C=C\C/C=C\C/C=C\CCCCCCC)OC(=O)CCCCCCCCCCCCCCCCCCC. The van der Waals surface area contributed by atoms with Crippen molar-refractivity contribution in [3.05, 3.63) is 48.6 Å². The fourth-order valence-corrected chi connectivity index (χ4v) is 10.2. The van der Waals surface area contributed by atoms with E-state index in [2.05, 4.69) is 69.4 Å². The highest BCUT2D eigenvalue weighted by Gasteiger charge is 2.19. The maximum Gasteiger partial charge on any atom is 0.306 e. The highest BCUT2D eigenvalue weighted by Crippen LogP contribution is 2.18. The largest absolute Gasteiger partial charge is 0.462 e. The average Bonchev–Trinajstić information content (AvgIpc) is 3.43. The maximum atomic E-state index is 12.9. The molecule has 1 unspecified atom stereocenters. The van der Waals surface area contributed by atoms with Gasteiger partial charge >= 0.3 is 17.9 Å². The van der Waals surface area contributed by atoms with Gasteiger partial charge in [0.2, 0.25) is 0 Å². The van der Waals surface area contributed by atoms with E-state index in [1.54, 1.807) is 0 Å². The highest BCUT2D eigenvalue weighted by molar-refractivity contribution is 5.71. The number of ether oxygens (including phenoxy) is 3. The molecule has 0 aliphatic heterocycles. The summed E-state index contributed by atoms with van der Waals surface area (Å²) in [6.45, 7) is 6.66. The van der Waals surface area contributed by atoms with Gasteiger partial charge in [0, 0.05) is 19.3 Å². The van der Waals surface area contributed by atoms with E-state index in [-0.39, 0.29) is 31.1 Å². The molecule has 1 atom stereocenters. The molecule has 450 valence electrons. The average molecular weight is 1080 g/mol. The van der Waals surface area contributed by atoms with Crippen molar-refractivity contribution >= 4 is 17.9 Å². The van der Waals surface area contributed by atoms with Crippen molar-refractivity contribution in [1.29, 1.82) is 0 Å². The summed E-state index contributed by atoms with van der Waals surface area (Å²) in [5, 5.41) is 0. The minimum absolute atomic E-state index is 0.0714. The molecule has 0 aromatic heterocycles. The number of unbranched alkanes of at least 4 members (excludes halogenated alkanes) is 44. The van der Waals surface area contributed by atoms with Crippen LogP contribution in [0.3, 0.4) is 0 Å². The Bertz CT molecular complexity index is 1330. The Morgan fingerprint density at radius 2 is 0.468 bits per heavy atom. The van der Waals surface area contributed by atoms with Gasteiger partial charge in [-0.25, -0.2) is 0 Å². The van der Waals surface area contributed by atoms with Gasteiger partial charge in [-0.05, 0) is 83.5 Å². The summed E-state index contributed by atoms with van der Waals surface area (Å²) in [4.78, 5) is 38.3. The van der Waals surface area contributed by atoms with Crippen LogP contribution in [0, 0.1) is 0 Å². The van der Waals surface area contributed by atoms with E-state index in [0.29, 0.717) is 19.3 Å². The van der Waals surface area contributed by atoms with E-state index >= 15 is 0 Å². The van der Waals surface area contributed by atoms with Crippen LogP contribution < -0.4 is 0 Å². The molecule has 0 aromatic rings. The van der Waals surface area contributed by atoms with Crippen LogP contribution >= 0.6 is 0 Å². The quantitative estimate of drug-likeness (QED) is 0.0261. The zero-order chi connectivity index (χ0) is 55.7. The molecular formula is C71H130O6. The Morgan fingerprint density at radius 3 is 0.753 bits per heavy atom. The Hall–Kier alpha value is -2.63. The molecule has 0 spiro atoms. The van der Waals surface area contributed by atoms with Crippen molar-refractivity contribution < 1.29 is 28.6 Å². The van der Waals surface area contributed by atoms with E-state index in [1.165, 1.54) is 250 Å². The van der Waals surface area contributed by atoms with Crippen LogP contribution in [-0.4, -0.2) is 37.2 Å². The van der Waals surface area contributed by atoms with E-state index in [0.717, 1.165) is 77.0 Å². The van der Waals surface area contributed by atoms with Crippen LogP contribution in [0.4, 0.5) is 0 Å². The molecule has 0 saturated carbocycles. The first-order valence-electron chi connectivity index (χ1n) is 34.1. The normalized spacial score (nSPS) is 12.3. The van der Waals surface area contributed by atoms with Crippen LogP contribution in [-0.2, 0) is 28.6 Å². The van der Waals surface area contributed by atoms with Gasteiger partial charge in [-0.2, -0.15) is 0 Å². The standard InChI is InChI=1S/C71H130O6/c1-4-7-10-13-16-19-22-25-27-29-30-31-32-33-34-35-36-37-38-39-40-42-43-46-49-52-55-58-61-64-70(73)76-67-68(66-75-69(72)63-60-57-54-51-48-45-24-21-18-15-12-9-6-3)77-71(74)65-62-59-56-53-50-47-44-41-28-26-23-20-17-14-11-8-5-2/h21-22,24-25,29-30,32-33,68H,4-20,23,26-28,31,34-67H2,1-3H3/b24-21-,25-22-,30-29-,33-32-. The van der Waals surface area contributed by atoms with Gasteiger partial charge in [-0.1, -0.05) is 313 Å². The number of carbonyl (C=O) groups is 3. The van der Waals surface area contributed by atoms with Crippen LogP contribution in [0.2, 0.25) is 0 Å². The number of allylic oxidation sites excluding steroid dienone is 8. The van der Waals surface area contributed by atoms with Crippen molar-refractivity contribution in [3.63, 3.8) is 0 Å². The molecule has 0 amide bonds. The summed E-state index contributed by atoms with van der Waals surface area (Å²) >= 11 is 0. The fraction of sp³-hybridized carbons (Fsp3) is 0.845. The molecule has 0 N–H and O–H groups in total. The van der Waals surface area contributed by atoms with Crippen LogP contribution in [0.5, 0.6) is 0 Å². The number of carbonyl (C=O) groups excluding carboxylic acids is 3. The van der Waals surface area contributed by atoms with Gasteiger partial charge < -0.3 is 14.2 Å². The van der Waals surface area contributed by atoms with Crippen LogP contribution in [0.1, 0.15) is 367 Å². The molecule has 0 heterocycles. The van der Waals surface area contributed by atoms with Crippen molar-refractivity contribution in [2.75, 3.05) is 13.2 Å². The third-order valence-corrected chi connectivity index (χ3v) is 15.3. The van der Waals surface area contributed by atoms with E-state index in [4.69, 9.17) is 14.2 Å². The van der Waals surface area contributed by atoms with E-state index in [9.17, 15) is 14.4 Å².